The Balaban J connectivity index is 1.54. The monoisotopic (exact) mass is 340 g/mol. The number of hydrogen-bond donors (Lipinski definition) is 0. The molecule has 0 saturated heterocycles. The molecule has 0 aliphatic heterocycles. The van der Waals surface area contributed by atoms with Crippen LogP contribution >= 0.6 is 11.8 Å². The largest absolute Gasteiger partial charge is 0.458 e. The summed E-state index contributed by atoms with van der Waals surface area (Å²) in [4.78, 5) is 17.5. The van der Waals surface area contributed by atoms with E-state index in [2.05, 4.69) is 31.0 Å². The van der Waals surface area contributed by atoms with Crippen molar-refractivity contribution < 1.29 is 9.53 Å². The van der Waals surface area contributed by atoms with E-state index in [0.29, 0.717) is 5.75 Å². The summed E-state index contributed by atoms with van der Waals surface area (Å²) >= 11 is 1.51. The second-order valence-electron chi connectivity index (χ2n) is 5.92. The fraction of sp³-hybridized carbons (Fsp3) is 0.263. The molecular weight excluding hydrogens is 320 g/mol. The number of fused-ring (bicyclic) bond motifs is 1. The highest BCUT2D eigenvalue weighted by molar-refractivity contribution is 8.00. The van der Waals surface area contributed by atoms with Crippen LogP contribution in [0.4, 0.5) is 0 Å². The van der Waals surface area contributed by atoms with Crippen molar-refractivity contribution in [3.8, 4) is 0 Å². The Hall–Kier alpha value is -2.27. The molecule has 3 rings (SSSR count). The number of benzene rings is 1. The maximum absolute atomic E-state index is 12.0. The molecule has 0 bridgehead atoms. The highest BCUT2D eigenvalue weighted by Crippen LogP contribution is 2.23. The van der Waals surface area contributed by atoms with Gasteiger partial charge in [-0.3, -0.25) is 4.79 Å². The number of rotatable bonds is 5. The van der Waals surface area contributed by atoms with Crippen LogP contribution in [0.15, 0.2) is 47.6 Å². The summed E-state index contributed by atoms with van der Waals surface area (Å²) in [6, 6.07) is 10.2. The molecule has 2 aromatic heterocycles. The number of esters is 1. The van der Waals surface area contributed by atoms with E-state index in [9.17, 15) is 4.79 Å². The van der Waals surface area contributed by atoms with Crippen LogP contribution in [0.1, 0.15) is 22.4 Å². The molecule has 0 amide bonds. The van der Waals surface area contributed by atoms with Gasteiger partial charge in [0.15, 0.2) is 0 Å². The SMILES string of the molecule is Cc1ccc(SCC(=O)OCc2cn3cc(C)ccc3n2)c(C)c1. The third-order valence-electron chi connectivity index (χ3n) is 3.71. The van der Waals surface area contributed by atoms with Gasteiger partial charge in [-0.15, -0.1) is 11.8 Å². The van der Waals surface area contributed by atoms with Crippen molar-refractivity contribution in [2.24, 2.45) is 0 Å². The molecule has 0 unspecified atom stereocenters. The standard InChI is InChI=1S/C19H20N2O2S/c1-13-4-6-17(15(3)8-13)24-12-19(22)23-11-16-10-21-9-14(2)5-7-18(21)20-16/h4-10H,11-12H2,1-3H3. The van der Waals surface area contributed by atoms with Gasteiger partial charge in [0.1, 0.15) is 12.3 Å². The molecule has 3 aromatic rings. The van der Waals surface area contributed by atoms with E-state index < -0.39 is 0 Å². The lowest BCUT2D eigenvalue weighted by atomic mass is 10.2. The van der Waals surface area contributed by atoms with Crippen molar-refractivity contribution in [3.05, 3.63) is 65.1 Å². The molecule has 0 spiro atoms. The summed E-state index contributed by atoms with van der Waals surface area (Å²) in [6.45, 7) is 6.35. The Morgan fingerprint density at radius 2 is 1.92 bits per heavy atom. The molecule has 0 atom stereocenters. The Labute approximate surface area is 145 Å². The number of carbonyl (C=O) groups excluding carboxylic acids is 1. The fourth-order valence-electron chi connectivity index (χ4n) is 2.52. The van der Waals surface area contributed by atoms with Gasteiger partial charge in [-0.2, -0.15) is 0 Å². The summed E-state index contributed by atoms with van der Waals surface area (Å²) in [7, 11) is 0. The number of hydrogen-bond acceptors (Lipinski definition) is 4. The average molecular weight is 340 g/mol. The first-order valence-corrected chi connectivity index (χ1v) is 8.80. The van der Waals surface area contributed by atoms with E-state index in [-0.39, 0.29) is 12.6 Å². The second-order valence-corrected chi connectivity index (χ2v) is 6.94. The minimum absolute atomic E-state index is 0.201. The number of carbonyl (C=O) groups is 1. The van der Waals surface area contributed by atoms with Crippen LogP contribution in [0, 0.1) is 20.8 Å². The first-order chi connectivity index (χ1) is 11.5. The highest BCUT2D eigenvalue weighted by Gasteiger charge is 2.08. The van der Waals surface area contributed by atoms with Crippen molar-refractivity contribution in [1.29, 1.82) is 0 Å². The van der Waals surface area contributed by atoms with Crippen LogP contribution in [0.2, 0.25) is 0 Å². The van der Waals surface area contributed by atoms with Crippen LogP contribution in [0.5, 0.6) is 0 Å². The van der Waals surface area contributed by atoms with Gasteiger partial charge in [-0.25, -0.2) is 4.98 Å². The van der Waals surface area contributed by atoms with Crippen LogP contribution in [0.25, 0.3) is 5.65 Å². The van der Waals surface area contributed by atoms with E-state index in [1.807, 2.05) is 41.9 Å². The van der Waals surface area contributed by atoms with Crippen molar-refractivity contribution in [1.82, 2.24) is 9.38 Å². The Morgan fingerprint density at radius 3 is 2.71 bits per heavy atom. The molecule has 5 heteroatoms. The van der Waals surface area contributed by atoms with Gasteiger partial charge >= 0.3 is 5.97 Å². The van der Waals surface area contributed by atoms with Crippen LogP contribution in [-0.4, -0.2) is 21.1 Å². The van der Waals surface area contributed by atoms with E-state index in [1.54, 1.807) is 0 Å². The molecule has 0 radical (unpaired) electrons. The zero-order chi connectivity index (χ0) is 17.1. The van der Waals surface area contributed by atoms with E-state index in [1.165, 1.54) is 22.9 Å². The Morgan fingerprint density at radius 1 is 1.12 bits per heavy atom. The quantitative estimate of drug-likeness (QED) is 0.518. The molecular formula is C19H20N2O2S. The number of pyridine rings is 1. The van der Waals surface area contributed by atoms with E-state index in [4.69, 9.17) is 4.74 Å². The number of aromatic nitrogens is 2. The highest BCUT2D eigenvalue weighted by atomic mass is 32.2. The molecule has 0 aliphatic rings. The third kappa shape index (κ3) is 3.97. The maximum Gasteiger partial charge on any atom is 0.316 e. The second kappa shape index (κ2) is 7.09. The van der Waals surface area contributed by atoms with E-state index >= 15 is 0 Å². The van der Waals surface area contributed by atoms with Crippen molar-refractivity contribution >= 4 is 23.4 Å². The first kappa shape index (κ1) is 16.6. The third-order valence-corrected chi connectivity index (χ3v) is 4.85. The summed E-state index contributed by atoms with van der Waals surface area (Å²) in [5.74, 6) is 0.0735. The number of imidazole rings is 1. The number of aryl methyl sites for hydroxylation is 3. The summed E-state index contributed by atoms with van der Waals surface area (Å²) in [5, 5.41) is 0. The summed E-state index contributed by atoms with van der Waals surface area (Å²) < 4.78 is 7.28. The lowest BCUT2D eigenvalue weighted by molar-refractivity contribution is -0.141. The molecule has 4 nitrogen and oxygen atoms in total. The van der Waals surface area contributed by atoms with Gasteiger partial charge in [0.05, 0.1) is 11.4 Å². The van der Waals surface area contributed by atoms with Gasteiger partial charge < -0.3 is 9.14 Å². The zero-order valence-electron chi connectivity index (χ0n) is 14.1. The fourth-order valence-corrected chi connectivity index (χ4v) is 3.33. The topological polar surface area (TPSA) is 43.6 Å². The Kier molecular flexibility index (Phi) is 4.90. The summed E-state index contributed by atoms with van der Waals surface area (Å²) in [6.07, 6.45) is 3.90. The molecule has 24 heavy (non-hydrogen) atoms. The van der Waals surface area contributed by atoms with Gasteiger partial charge in [-0.05, 0) is 44.0 Å². The molecule has 0 aliphatic carbocycles. The first-order valence-electron chi connectivity index (χ1n) is 7.81. The molecule has 0 N–H and O–H groups in total. The summed E-state index contributed by atoms with van der Waals surface area (Å²) in [5.41, 5.74) is 5.18. The predicted molar refractivity (Wildman–Crippen MR) is 96.4 cm³/mol. The smallest absolute Gasteiger partial charge is 0.316 e. The molecule has 0 saturated carbocycles. The predicted octanol–water partition coefficient (Wildman–Crippen LogP) is 4.10. The number of nitrogens with zero attached hydrogens (tertiary/aromatic N) is 2. The number of ether oxygens (including phenoxy) is 1. The van der Waals surface area contributed by atoms with Crippen LogP contribution in [0.3, 0.4) is 0 Å². The van der Waals surface area contributed by atoms with Gasteiger partial charge in [-0.1, -0.05) is 23.8 Å². The van der Waals surface area contributed by atoms with Gasteiger partial charge in [0, 0.05) is 17.3 Å². The van der Waals surface area contributed by atoms with Crippen molar-refractivity contribution in [3.63, 3.8) is 0 Å². The maximum atomic E-state index is 12.0. The van der Waals surface area contributed by atoms with Crippen molar-refractivity contribution in [2.75, 3.05) is 5.75 Å². The average Bonchev–Trinajstić information content (AvgIpc) is 2.94. The lowest BCUT2D eigenvalue weighted by Gasteiger charge is -2.06. The Bertz CT molecular complexity index is 886. The van der Waals surface area contributed by atoms with Crippen molar-refractivity contribution in [2.45, 2.75) is 32.3 Å². The normalized spacial score (nSPS) is 11.0. The minimum Gasteiger partial charge on any atom is -0.458 e. The molecule has 0 fully saturated rings. The molecule has 2 heterocycles. The van der Waals surface area contributed by atoms with Crippen LogP contribution in [-0.2, 0) is 16.1 Å². The van der Waals surface area contributed by atoms with Crippen LogP contribution < -0.4 is 0 Å². The van der Waals surface area contributed by atoms with Gasteiger partial charge in [0.2, 0.25) is 0 Å². The molecule has 124 valence electrons. The van der Waals surface area contributed by atoms with E-state index in [0.717, 1.165) is 21.8 Å². The number of thioether (sulfide) groups is 1. The van der Waals surface area contributed by atoms with Gasteiger partial charge in [0.25, 0.3) is 0 Å². The minimum atomic E-state index is -0.229. The molecule has 1 aromatic carbocycles. The lowest BCUT2D eigenvalue weighted by Crippen LogP contribution is -2.07. The zero-order valence-corrected chi connectivity index (χ0v) is 14.9.